The third kappa shape index (κ3) is 3.85. The molecule has 21 heavy (non-hydrogen) atoms. The molecule has 1 aliphatic heterocycles. The molecule has 0 unspecified atom stereocenters. The van der Waals surface area contributed by atoms with Crippen LogP contribution in [0.2, 0.25) is 0 Å². The molecule has 0 N–H and O–H groups in total. The number of benzene rings is 1. The molecule has 1 aliphatic rings. The van der Waals surface area contributed by atoms with Crippen molar-refractivity contribution in [3.63, 3.8) is 0 Å². The van der Waals surface area contributed by atoms with Crippen LogP contribution >= 0.6 is 0 Å². The highest BCUT2D eigenvalue weighted by molar-refractivity contribution is 7.86. The van der Waals surface area contributed by atoms with Crippen molar-refractivity contribution in [2.75, 3.05) is 6.54 Å². The molecule has 0 bridgehead atoms. The van der Waals surface area contributed by atoms with E-state index in [0.29, 0.717) is 18.5 Å². The summed E-state index contributed by atoms with van der Waals surface area (Å²) in [6, 6.07) is 5.12. The van der Waals surface area contributed by atoms with Crippen LogP contribution in [0.5, 0.6) is 0 Å². The Morgan fingerprint density at radius 3 is 2.76 bits per heavy atom. The van der Waals surface area contributed by atoms with Gasteiger partial charge in [0.25, 0.3) is 11.8 Å². The molecule has 2 amide bonds. The quantitative estimate of drug-likeness (QED) is 0.629. The predicted molar refractivity (Wildman–Crippen MR) is 74.2 cm³/mol. The lowest BCUT2D eigenvalue weighted by Gasteiger charge is -2.19. The summed E-state index contributed by atoms with van der Waals surface area (Å²) < 4.78 is 34.5. The maximum atomic E-state index is 12.9. The first-order valence-corrected chi connectivity index (χ1v) is 7.51. The minimum Gasteiger partial charge on any atom is -0.275 e. The van der Waals surface area contributed by atoms with Gasteiger partial charge in [0.2, 0.25) is 0 Å². The van der Waals surface area contributed by atoms with E-state index in [4.69, 9.17) is 0 Å². The number of hydrogen-bond acceptors (Lipinski definition) is 4. The average molecular weight is 309 g/mol. The van der Waals surface area contributed by atoms with Crippen LogP contribution in [0.4, 0.5) is 3.89 Å². The fraction of sp³-hybridized carbons (Fsp3) is 0.143. The van der Waals surface area contributed by atoms with E-state index in [2.05, 4.69) is 0 Å². The van der Waals surface area contributed by atoms with Crippen LogP contribution < -0.4 is 0 Å². The lowest BCUT2D eigenvalue weighted by atomic mass is 10.2. The summed E-state index contributed by atoms with van der Waals surface area (Å²) in [6.07, 6.45) is 6.10. The van der Waals surface area contributed by atoms with E-state index in [1.54, 1.807) is 6.08 Å². The van der Waals surface area contributed by atoms with Crippen molar-refractivity contribution in [2.45, 2.75) is 11.3 Å². The summed E-state index contributed by atoms with van der Waals surface area (Å²) in [5, 5.41) is 0. The van der Waals surface area contributed by atoms with Gasteiger partial charge in [-0.2, -0.15) is 8.42 Å². The van der Waals surface area contributed by atoms with Gasteiger partial charge in [-0.25, -0.2) is 0 Å². The van der Waals surface area contributed by atoms with E-state index in [1.807, 2.05) is 0 Å². The second-order valence-corrected chi connectivity index (χ2v) is 5.71. The minimum absolute atomic E-state index is 0.303. The van der Waals surface area contributed by atoms with Crippen molar-refractivity contribution in [3.05, 3.63) is 48.1 Å². The molecule has 0 aliphatic carbocycles. The maximum absolute atomic E-state index is 12.9. The summed E-state index contributed by atoms with van der Waals surface area (Å²) in [6.45, 7) is 0.303. The van der Waals surface area contributed by atoms with E-state index in [9.17, 15) is 21.9 Å². The number of rotatable bonds is 3. The van der Waals surface area contributed by atoms with Crippen molar-refractivity contribution >= 4 is 28.1 Å². The predicted octanol–water partition coefficient (Wildman–Crippen LogP) is 1.67. The standard InChI is InChI=1S/C14H12FNO4S/c15-21(19,20)12-5-3-4-11(10-12)7-8-14(18)16-9-2-1-6-13(16)17/h1,3-8,10H,2,9H2/b8-7+. The normalized spacial score (nSPS) is 15.7. The molecule has 7 heteroatoms. The molecule has 0 atom stereocenters. The van der Waals surface area contributed by atoms with Crippen LogP contribution in [0.25, 0.3) is 6.08 Å². The summed E-state index contributed by atoms with van der Waals surface area (Å²) in [7, 11) is -4.79. The Bertz CT molecular complexity index is 737. The van der Waals surface area contributed by atoms with E-state index in [-0.39, 0.29) is 0 Å². The Balaban J connectivity index is 2.16. The van der Waals surface area contributed by atoms with E-state index < -0.39 is 26.9 Å². The topological polar surface area (TPSA) is 71.5 Å². The molecule has 110 valence electrons. The molecule has 0 saturated heterocycles. The molecule has 2 rings (SSSR count). The first kappa shape index (κ1) is 15.1. The van der Waals surface area contributed by atoms with Crippen LogP contribution in [0.1, 0.15) is 12.0 Å². The van der Waals surface area contributed by atoms with E-state index >= 15 is 0 Å². The first-order chi connectivity index (χ1) is 9.88. The van der Waals surface area contributed by atoms with Crippen LogP contribution in [0.15, 0.2) is 47.4 Å². The fourth-order valence-corrected chi connectivity index (χ4v) is 2.35. The van der Waals surface area contributed by atoms with Crippen molar-refractivity contribution in [1.82, 2.24) is 4.90 Å². The van der Waals surface area contributed by atoms with Crippen molar-refractivity contribution < 1.29 is 21.9 Å². The Morgan fingerprint density at radius 1 is 1.33 bits per heavy atom. The van der Waals surface area contributed by atoms with Gasteiger partial charge in [-0.15, -0.1) is 3.89 Å². The molecule has 0 aromatic heterocycles. The first-order valence-electron chi connectivity index (χ1n) is 6.13. The van der Waals surface area contributed by atoms with Gasteiger partial charge in [-0.1, -0.05) is 18.2 Å². The third-order valence-electron chi connectivity index (χ3n) is 2.87. The highest BCUT2D eigenvalue weighted by Gasteiger charge is 2.18. The summed E-state index contributed by atoms with van der Waals surface area (Å²) in [5.74, 6) is -0.895. The van der Waals surface area contributed by atoms with Gasteiger partial charge in [-0.05, 0) is 36.3 Å². The number of hydrogen-bond donors (Lipinski definition) is 0. The van der Waals surface area contributed by atoms with Crippen molar-refractivity contribution in [1.29, 1.82) is 0 Å². The molecule has 1 aromatic rings. The number of carbonyl (C=O) groups excluding carboxylic acids is 2. The Morgan fingerprint density at radius 2 is 2.10 bits per heavy atom. The third-order valence-corrected chi connectivity index (χ3v) is 3.69. The van der Waals surface area contributed by atoms with E-state index in [0.717, 1.165) is 23.1 Å². The van der Waals surface area contributed by atoms with Crippen molar-refractivity contribution in [3.8, 4) is 0 Å². The minimum atomic E-state index is -4.79. The number of nitrogens with zero attached hydrogens (tertiary/aromatic N) is 1. The Kier molecular flexibility index (Phi) is 4.32. The molecule has 0 radical (unpaired) electrons. The van der Waals surface area contributed by atoms with Gasteiger partial charge < -0.3 is 0 Å². The van der Waals surface area contributed by atoms with Gasteiger partial charge in [0.05, 0.1) is 4.90 Å². The van der Waals surface area contributed by atoms with Gasteiger partial charge in [-0.3, -0.25) is 14.5 Å². The zero-order valence-electron chi connectivity index (χ0n) is 10.9. The monoisotopic (exact) mass is 309 g/mol. The van der Waals surface area contributed by atoms with Crippen LogP contribution in [0.3, 0.4) is 0 Å². The Labute approximate surface area is 121 Å². The largest absolute Gasteiger partial charge is 0.332 e. The van der Waals surface area contributed by atoms with Crippen LogP contribution in [0, 0.1) is 0 Å². The molecule has 1 heterocycles. The van der Waals surface area contributed by atoms with Crippen LogP contribution in [-0.4, -0.2) is 31.7 Å². The highest BCUT2D eigenvalue weighted by Crippen LogP contribution is 2.15. The molecule has 5 nitrogen and oxygen atoms in total. The number of amides is 2. The molecular formula is C14H12FNO4S. The summed E-state index contributed by atoms with van der Waals surface area (Å²) >= 11 is 0. The Hall–Kier alpha value is -2.28. The lowest BCUT2D eigenvalue weighted by Crippen LogP contribution is -2.37. The molecule has 0 spiro atoms. The number of carbonyl (C=O) groups is 2. The average Bonchev–Trinajstić information content (AvgIpc) is 2.45. The SMILES string of the molecule is O=C1C=CCCN1C(=O)/C=C/c1cccc(S(=O)(=O)F)c1. The van der Waals surface area contributed by atoms with Gasteiger partial charge in [0.1, 0.15) is 0 Å². The van der Waals surface area contributed by atoms with Crippen LogP contribution in [-0.2, 0) is 19.8 Å². The zero-order chi connectivity index (χ0) is 15.5. The van der Waals surface area contributed by atoms with E-state index in [1.165, 1.54) is 24.3 Å². The lowest BCUT2D eigenvalue weighted by molar-refractivity contribution is -0.139. The smallest absolute Gasteiger partial charge is 0.275 e. The zero-order valence-corrected chi connectivity index (χ0v) is 11.7. The molecule has 0 fully saturated rings. The maximum Gasteiger partial charge on any atom is 0.332 e. The van der Waals surface area contributed by atoms with Gasteiger partial charge >= 0.3 is 10.2 Å². The number of halogens is 1. The van der Waals surface area contributed by atoms with Gasteiger partial charge in [0, 0.05) is 12.6 Å². The van der Waals surface area contributed by atoms with Gasteiger partial charge in [0.15, 0.2) is 0 Å². The number of imide groups is 1. The summed E-state index contributed by atoms with van der Waals surface area (Å²) in [4.78, 5) is 23.9. The fourth-order valence-electron chi connectivity index (χ4n) is 1.83. The molecule has 1 aromatic carbocycles. The second kappa shape index (κ2) is 6.01. The molecule has 0 saturated carbocycles. The molecular weight excluding hydrogens is 297 g/mol. The summed E-state index contributed by atoms with van der Waals surface area (Å²) in [5.41, 5.74) is 0.349. The second-order valence-electron chi connectivity index (χ2n) is 4.36. The highest BCUT2D eigenvalue weighted by atomic mass is 32.3. The van der Waals surface area contributed by atoms with Crippen molar-refractivity contribution in [2.24, 2.45) is 0 Å².